The first-order valence-electron chi connectivity index (χ1n) is 12.8. The zero-order valence-corrected chi connectivity index (χ0v) is 20.8. The topological polar surface area (TPSA) is 99.1 Å². The average molecular weight is 509 g/mol. The molecule has 2 aliphatic heterocycles. The quantitative estimate of drug-likeness (QED) is 0.548. The summed E-state index contributed by atoms with van der Waals surface area (Å²) in [4.78, 5) is 29.8. The normalized spacial score (nSPS) is 34.2. The van der Waals surface area contributed by atoms with Crippen LogP contribution in [-0.4, -0.2) is 57.6 Å². The fourth-order valence-corrected chi connectivity index (χ4v) is 7.59. The number of amides is 1. The van der Waals surface area contributed by atoms with E-state index >= 15 is 0 Å². The number of hydrogen-bond acceptors (Lipinski definition) is 6. The number of nitrogens with one attached hydrogen (secondary N) is 1. The van der Waals surface area contributed by atoms with Crippen molar-refractivity contribution < 1.29 is 24.5 Å². The SMILES string of the molecule is Cc1cc(NC(=O)C2C[C@@]3(O)[C@H]4Cc5ccc(O)c6c5[C@@]3(CCN4CC3CC3)[C@@H](O6)C2=O)ccc1Cl. The first-order valence-corrected chi connectivity index (χ1v) is 13.2. The zero-order chi connectivity index (χ0) is 25.0. The lowest BCUT2D eigenvalue weighted by Gasteiger charge is -2.63. The Morgan fingerprint density at radius 3 is 2.83 bits per heavy atom. The van der Waals surface area contributed by atoms with Gasteiger partial charge in [0.15, 0.2) is 23.4 Å². The van der Waals surface area contributed by atoms with Crippen LogP contribution in [0.5, 0.6) is 11.5 Å². The second-order valence-corrected chi connectivity index (χ2v) is 11.8. The first-order chi connectivity index (χ1) is 17.2. The molecule has 188 valence electrons. The van der Waals surface area contributed by atoms with E-state index in [1.54, 1.807) is 24.3 Å². The van der Waals surface area contributed by atoms with Crippen LogP contribution >= 0.6 is 11.6 Å². The minimum Gasteiger partial charge on any atom is -0.504 e. The molecule has 8 heteroatoms. The predicted molar refractivity (Wildman–Crippen MR) is 133 cm³/mol. The van der Waals surface area contributed by atoms with Crippen molar-refractivity contribution in [1.29, 1.82) is 0 Å². The predicted octanol–water partition coefficient (Wildman–Crippen LogP) is 3.35. The molecule has 3 N–H and O–H groups in total. The molecule has 2 aromatic carbocycles. The lowest BCUT2D eigenvalue weighted by molar-refractivity contribution is -0.197. The summed E-state index contributed by atoms with van der Waals surface area (Å²) in [6.45, 7) is 3.53. The van der Waals surface area contributed by atoms with Crippen LogP contribution in [0.4, 0.5) is 5.69 Å². The summed E-state index contributed by atoms with van der Waals surface area (Å²) in [5.74, 6) is -0.929. The van der Waals surface area contributed by atoms with Gasteiger partial charge in [-0.05, 0) is 86.9 Å². The van der Waals surface area contributed by atoms with E-state index in [1.165, 1.54) is 12.8 Å². The summed E-state index contributed by atoms with van der Waals surface area (Å²) in [7, 11) is 0. The maximum atomic E-state index is 13.9. The van der Waals surface area contributed by atoms with Gasteiger partial charge in [0.2, 0.25) is 5.91 Å². The highest BCUT2D eigenvalue weighted by molar-refractivity contribution is 6.31. The standard InChI is InChI=1S/C28H29ClN2O5/c1-14-10-17(5-6-19(14)29)30-26(34)18-12-28(35)21-11-16-4-7-20(32)24-22(16)27(28,25(36-24)23(18)33)8-9-31(21)13-15-2-3-15/h4-7,10,15,18,21,25,32,35H,2-3,8-9,11-13H2,1H3,(H,30,34)/t18?,21-,25+,27+,28-/m1/s1. The highest BCUT2D eigenvalue weighted by Gasteiger charge is 2.75. The number of rotatable bonds is 4. The van der Waals surface area contributed by atoms with Crippen LogP contribution in [0.15, 0.2) is 30.3 Å². The molecule has 0 aromatic heterocycles. The van der Waals surface area contributed by atoms with Crippen molar-refractivity contribution in [2.45, 2.75) is 62.2 Å². The largest absolute Gasteiger partial charge is 0.504 e. The molecule has 2 bridgehead atoms. The number of Topliss-reactive ketones (excluding diaryl/α,β-unsaturated/α-hetero) is 1. The van der Waals surface area contributed by atoms with Crippen LogP contribution in [0.1, 0.15) is 42.4 Å². The molecule has 7 rings (SSSR count). The Morgan fingerprint density at radius 2 is 2.08 bits per heavy atom. The molecule has 0 radical (unpaired) electrons. The summed E-state index contributed by atoms with van der Waals surface area (Å²) in [5, 5.41) is 26.8. The van der Waals surface area contributed by atoms with E-state index in [0.29, 0.717) is 35.2 Å². The van der Waals surface area contributed by atoms with Gasteiger partial charge in [0.1, 0.15) is 5.92 Å². The monoisotopic (exact) mass is 508 g/mol. The van der Waals surface area contributed by atoms with Gasteiger partial charge < -0.3 is 20.3 Å². The molecule has 36 heavy (non-hydrogen) atoms. The number of aliphatic hydroxyl groups is 1. The van der Waals surface area contributed by atoms with Gasteiger partial charge in [-0.2, -0.15) is 0 Å². The summed E-state index contributed by atoms with van der Waals surface area (Å²) in [5.41, 5.74) is 0.881. The van der Waals surface area contributed by atoms with Gasteiger partial charge in [0.05, 0.1) is 11.0 Å². The number of benzene rings is 2. The van der Waals surface area contributed by atoms with Crippen LogP contribution in [0.3, 0.4) is 0 Å². The maximum absolute atomic E-state index is 13.9. The molecule has 2 heterocycles. The Morgan fingerprint density at radius 1 is 1.28 bits per heavy atom. The molecule has 7 nitrogen and oxygen atoms in total. The van der Waals surface area contributed by atoms with Gasteiger partial charge in [-0.1, -0.05) is 17.7 Å². The first kappa shape index (κ1) is 22.6. The second kappa shape index (κ2) is 7.46. The van der Waals surface area contributed by atoms with Gasteiger partial charge in [0, 0.05) is 28.9 Å². The number of phenols is 1. The molecule has 1 saturated heterocycles. The van der Waals surface area contributed by atoms with Crippen LogP contribution in [0, 0.1) is 18.8 Å². The summed E-state index contributed by atoms with van der Waals surface area (Å²) in [6.07, 6.45) is 2.59. The van der Waals surface area contributed by atoms with Crippen LogP contribution in [0.25, 0.3) is 0 Å². The van der Waals surface area contributed by atoms with Gasteiger partial charge in [-0.25, -0.2) is 0 Å². The van der Waals surface area contributed by atoms with E-state index in [-0.39, 0.29) is 24.0 Å². The number of aryl methyl sites for hydroxylation is 1. The zero-order valence-electron chi connectivity index (χ0n) is 20.1. The van der Waals surface area contributed by atoms with E-state index in [4.69, 9.17) is 16.3 Å². The number of likely N-dealkylation sites (tertiary alicyclic amines) is 1. The number of piperidine rings is 1. The smallest absolute Gasteiger partial charge is 0.235 e. The van der Waals surface area contributed by atoms with E-state index in [1.807, 2.05) is 13.0 Å². The second-order valence-electron chi connectivity index (χ2n) is 11.4. The van der Waals surface area contributed by atoms with Crippen LogP contribution in [-0.2, 0) is 21.4 Å². The molecular weight excluding hydrogens is 480 g/mol. The summed E-state index contributed by atoms with van der Waals surface area (Å²) < 4.78 is 6.21. The number of ketones is 1. The number of nitrogens with zero attached hydrogens (tertiary/aromatic N) is 1. The lowest BCUT2D eigenvalue weighted by atomic mass is 9.47. The molecule has 2 saturated carbocycles. The van der Waals surface area contributed by atoms with Crippen molar-refractivity contribution in [2.75, 3.05) is 18.4 Å². The molecule has 2 aromatic rings. The Balaban J connectivity index is 1.31. The molecule has 3 fully saturated rings. The Bertz CT molecular complexity index is 1330. The molecule has 5 aliphatic rings. The summed E-state index contributed by atoms with van der Waals surface area (Å²) in [6, 6.07) is 8.48. The maximum Gasteiger partial charge on any atom is 0.235 e. The number of carbonyl (C=O) groups excluding carboxylic acids is 2. The van der Waals surface area contributed by atoms with Crippen molar-refractivity contribution in [3.8, 4) is 11.5 Å². The molecule has 1 unspecified atom stereocenters. The van der Waals surface area contributed by atoms with E-state index in [2.05, 4.69) is 10.2 Å². The van der Waals surface area contributed by atoms with Gasteiger partial charge in [-0.3, -0.25) is 14.5 Å². The van der Waals surface area contributed by atoms with E-state index < -0.39 is 28.9 Å². The third-order valence-corrected chi connectivity index (χ3v) is 9.80. The Kier molecular flexibility index (Phi) is 4.68. The van der Waals surface area contributed by atoms with Crippen LogP contribution in [0.2, 0.25) is 5.02 Å². The van der Waals surface area contributed by atoms with Crippen molar-refractivity contribution in [3.63, 3.8) is 0 Å². The average Bonchev–Trinajstić information content (AvgIpc) is 3.58. The lowest BCUT2D eigenvalue weighted by Crippen LogP contribution is -2.78. The fraction of sp³-hybridized carbons (Fsp3) is 0.500. The van der Waals surface area contributed by atoms with Crippen molar-refractivity contribution >= 4 is 29.0 Å². The number of anilines is 1. The molecular formula is C28H29ClN2O5. The highest BCUT2D eigenvalue weighted by Crippen LogP contribution is 2.65. The minimum atomic E-state index is -1.33. The van der Waals surface area contributed by atoms with Crippen molar-refractivity contribution in [1.82, 2.24) is 4.90 Å². The van der Waals surface area contributed by atoms with E-state index in [0.717, 1.165) is 29.8 Å². The Labute approximate surface area is 214 Å². The van der Waals surface area contributed by atoms with Crippen LogP contribution < -0.4 is 10.1 Å². The Hall–Kier alpha value is -2.61. The number of phenolic OH excluding ortho intramolecular Hbond substituents is 1. The number of carbonyl (C=O) groups is 2. The number of aromatic hydroxyl groups is 1. The van der Waals surface area contributed by atoms with E-state index in [9.17, 15) is 19.8 Å². The number of halogens is 1. The minimum absolute atomic E-state index is 0.0239. The molecule has 1 spiro atoms. The van der Waals surface area contributed by atoms with Crippen molar-refractivity contribution in [3.05, 3.63) is 52.0 Å². The number of ether oxygens (including phenoxy) is 1. The molecule has 1 amide bonds. The third kappa shape index (κ3) is 2.88. The van der Waals surface area contributed by atoms with Gasteiger partial charge in [-0.15, -0.1) is 0 Å². The summed E-state index contributed by atoms with van der Waals surface area (Å²) >= 11 is 6.13. The molecule has 3 aliphatic carbocycles. The molecule has 5 atom stereocenters. The van der Waals surface area contributed by atoms with Gasteiger partial charge >= 0.3 is 0 Å². The third-order valence-electron chi connectivity index (χ3n) is 9.37. The van der Waals surface area contributed by atoms with Gasteiger partial charge in [0.25, 0.3) is 0 Å². The number of hydrogen-bond donors (Lipinski definition) is 3. The van der Waals surface area contributed by atoms with Crippen molar-refractivity contribution in [2.24, 2.45) is 11.8 Å². The fourth-order valence-electron chi connectivity index (χ4n) is 7.48. The highest BCUT2D eigenvalue weighted by atomic mass is 35.5.